The van der Waals surface area contributed by atoms with Gasteiger partial charge in [-0.15, -0.1) is 0 Å². The first-order chi connectivity index (χ1) is 9.31. The molecule has 19 heavy (non-hydrogen) atoms. The lowest BCUT2D eigenvalue weighted by molar-refractivity contribution is 0.309. The number of nitrogens with one attached hydrogen (secondary N) is 2. The van der Waals surface area contributed by atoms with E-state index in [1.165, 1.54) is 44.9 Å². The molecule has 0 amide bonds. The van der Waals surface area contributed by atoms with Crippen molar-refractivity contribution in [2.75, 3.05) is 26.7 Å². The molecule has 1 unspecified atom stereocenters. The van der Waals surface area contributed by atoms with Crippen molar-refractivity contribution in [3.05, 3.63) is 0 Å². The zero-order valence-corrected chi connectivity index (χ0v) is 13.8. The van der Waals surface area contributed by atoms with Gasteiger partial charge in [-0.3, -0.25) is 4.57 Å². The average molecular weight is 292 g/mol. The van der Waals surface area contributed by atoms with Gasteiger partial charge in [0.2, 0.25) is 0 Å². The summed E-state index contributed by atoms with van der Waals surface area (Å²) in [6, 6.07) is 0. The molecule has 0 bridgehead atoms. The maximum absolute atomic E-state index is 11.4. The van der Waals surface area contributed by atoms with Gasteiger partial charge in [0.25, 0.3) is 8.18 Å². The molecule has 5 heteroatoms. The van der Waals surface area contributed by atoms with Gasteiger partial charge in [0.05, 0.1) is 6.61 Å². The molecule has 0 aromatic rings. The van der Waals surface area contributed by atoms with Gasteiger partial charge in [-0.2, -0.15) is 0 Å². The third kappa shape index (κ3) is 16.1. The molecule has 0 spiro atoms. The van der Waals surface area contributed by atoms with E-state index in [0.29, 0.717) is 6.61 Å². The summed E-state index contributed by atoms with van der Waals surface area (Å²) in [5.41, 5.74) is 0. The predicted octanol–water partition coefficient (Wildman–Crippen LogP) is 3.73. The molecule has 0 aliphatic heterocycles. The van der Waals surface area contributed by atoms with Crippen molar-refractivity contribution in [3.63, 3.8) is 0 Å². The normalized spacial score (nSPS) is 12.7. The van der Waals surface area contributed by atoms with Crippen LogP contribution in [0.4, 0.5) is 0 Å². The number of hydrogen-bond donors (Lipinski definition) is 2. The summed E-state index contributed by atoms with van der Waals surface area (Å²) in [4.78, 5) is 0. The molecule has 0 heterocycles. The summed E-state index contributed by atoms with van der Waals surface area (Å²) in [6.45, 7) is 4.58. The molecule has 4 nitrogen and oxygen atoms in total. The van der Waals surface area contributed by atoms with Crippen LogP contribution in [0, 0.1) is 0 Å². The highest BCUT2D eigenvalue weighted by Gasteiger charge is 1.98. The second-order valence-electron chi connectivity index (χ2n) is 4.99. The van der Waals surface area contributed by atoms with Crippen LogP contribution in [0.2, 0.25) is 0 Å². The minimum Gasteiger partial charge on any atom is -0.320 e. The van der Waals surface area contributed by atoms with Crippen LogP contribution in [0.5, 0.6) is 0 Å². The Morgan fingerprint density at radius 1 is 0.895 bits per heavy atom. The monoisotopic (exact) mass is 292 g/mol. The molecule has 0 radical (unpaired) electrons. The second-order valence-corrected chi connectivity index (χ2v) is 6.21. The summed E-state index contributed by atoms with van der Waals surface area (Å²) in [5, 5.41) is 5.98. The highest BCUT2D eigenvalue weighted by Crippen LogP contribution is 2.17. The fraction of sp³-hybridized carbons (Fsp3) is 1.00. The standard InChI is InChI=1S/C14H33N2O2P/c1-3-4-5-6-7-8-9-10-14-18-19(17)16-13-11-12-15-2/h15,19H,3-14H2,1-2H3,(H,16,17). The molecule has 0 aliphatic rings. The Labute approximate surface area is 120 Å². The lowest BCUT2D eigenvalue weighted by Gasteiger charge is -2.06. The van der Waals surface area contributed by atoms with Crippen molar-refractivity contribution in [2.45, 2.75) is 64.7 Å². The van der Waals surface area contributed by atoms with Crippen molar-refractivity contribution < 1.29 is 9.09 Å². The summed E-state index contributed by atoms with van der Waals surface area (Å²) < 4.78 is 16.7. The van der Waals surface area contributed by atoms with Gasteiger partial charge in [0.1, 0.15) is 0 Å². The van der Waals surface area contributed by atoms with Crippen LogP contribution < -0.4 is 10.4 Å². The summed E-state index contributed by atoms with van der Waals surface area (Å²) in [5.74, 6) is 0. The van der Waals surface area contributed by atoms with Crippen LogP contribution in [0.1, 0.15) is 64.7 Å². The molecule has 0 aromatic carbocycles. The lowest BCUT2D eigenvalue weighted by Crippen LogP contribution is -2.15. The Morgan fingerprint density at radius 3 is 2.16 bits per heavy atom. The molecular weight excluding hydrogens is 259 g/mol. The van der Waals surface area contributed by atoms with Gasteiger partial charge in [-0.25, -0.2) is 5.09 Å². The smallest absolute Gasteiger partial charge is 0.258 e. The zero-order chi connectivity index (χ0) is 14.2. The SMILES string of the molecule is CCCCCCCCCCO[PH](=O)NCCCNC. The van der Waals surface area contributed by atoms with Gasteiger partial charge in [0, 0.05) is 6.54 Å². The zero-order valence-electron chi connectivity index (χ0n) is 12.8. The van der Waals surface area contributed by atoms with Gasteiger partial charge in [-0.1, -0.05) is 51.9 Å². The van der Waals surface area contributed by atoms with Crippen LogP contribution in [0.25, 0.3) is 0 Å². The molecule has 0 aliphatic carbocycles. The van der Waals surface area contributed by atoms with Crippen molar-refractivity contribution in [2.24, 2.45) is 0 Å². The predicted molar refractivity (Wildman–Crippen MR) is 84.1 cm³/mol. The van der Waals surface area contributed by atoms with E-state index in [0.717, 1.165) is 25.9 Å². The van der Waals surface area contributed by atoms with Crippen LogP contribution in [-0.4, -0.2) is 26.7 Å². The van der Waals surface area contributed by atoms with E-state index in [9.17, 15) is 4.57 Å². The Balaban J connectivity index is 3.10. The number of hydrogen-bond acceptors (Lipinski definition) is 3. The number of rotatable bonds is 15. The van der Waals surface area contributed by atoms with E-state index in [1.807, 2.05) is 7.05 Å². The fourth-order valence-corrected chi connectivity index (χ4v) is 2.72. The first-order valence-corrected chi connectivity index (χ1v) is 9.18. The second kappa shape index (κ2) is 16.2. The molecule has 1 atom stereocenters. The van der Waals surface area contributed by atoms with E-state index in [4.69, 9.17) is 4.52 Å². The third-order valence-corrected chi connectivity index (χ3v) is 4.11. The van der Waals surface area contributed by atoms with E-state index in [1.54, 1.807) is 0 Å². The van der Waals surface area contributed by atoms with Crippen LogP contribution in [0.3, 0.4) is 0 Å². The molecule has 2 N–H and O–H groups in total. The van der Waals surface area contributed by atoms with Gasteiger partial charge < -0.3 is 9.84 Å². The molecule has 0 rings (SSSR count). The van der Waals surface area contributed by atoms with E-state index >= 15 is 0 Å². The van der Waals surface area contributed by atoms with Crippen molar-refractivity contribution in [1.82, 2.24) is 10.4 Å². The summed E-state index contributed by atoms with van der Waals surface area (Å²) in [6.07, 6.45) is 11.2. The fourth-order valence-electron chi connectivity index (χ4n) is 1.91. The van der Waals surface area contributed by atoms with E-state index in [2.05, 4.69) is 17.3 Å². The Bertz CT molecular complexity index is 204. The van der Waals surface area contributed by atoms with E-state index in [-0.39, 0.29) is 0 Å². The number of unbranched alkanes of at least 4 members (excludes halogenated alkanes) is 7. The van der Waals surface area contributed by atoms with Gasteiger partial charge >= 0.3 is 0 Å². The molecular formula is C14H33N2O2P. The molecule has 0 aromatic heterocycles. The quantitative estimate of drug-likeness (QED) is 0.357. The molecule has 0 saturated heterocycles. The largest absolute Gasteiger partial charge is 0.320 e. The van der Waals surface area contributed by atoms with Crippen molar-refractivity contribution in [3.8, 4) is 0 Å². The Morgan fingerprint density at radius 2 is 1.53 bits per heavy atom. The molecule has 0 fully saturated rings. The van der Waals surface area contributed by atoms with Crippen LogP contribution >= 0.6 is 8.18 Å². The summed E-state index contributed by atoms with van der Waals surface area (Å²) in [7, 11) is -0.0837. The van der Waals surface area contributed by atoms with Crippen molar-refractivity contribution in [1.29, 1.82) is 0 Å². The van der Waals surface area contributed by atoms with Crippen LogP contribution in [-0.2, 0) is 9.09 Å². The summed E-state index contributed by atoms with van der Waals surface area (Å²) >= 11 is 0. The average Bonchev–Trinajstić information content (AvgIpc) is 2.42. The Kier molecular flexibility index (Phi) is 16.3. The van der Waals surface area contributed by atoms with Gasteiger partial charge in [-0.05, 0) is 26.4 Å². The molecule has 116 valence electrons. The maximum atomic E-state index is 11.4. The van der Waals surface area contributed by atoms with E-state index < -0.39 is 8.18 Å². The maximum Gasteiger partial charge on any atom is 0.258 e. The minimum atomic E-state index is -2.00. The highest BCUT2D eigenvalue weighted by molar-refractivity contribution is 7.36. The topological polar surface area (TPSA) is 50.4 Å². The first-order valence-electron chi connectivity index (χ1n) is 7.86. The van der Waals surface area contributed by atoms with Gasteiger partial charge in [0.15, 0.2) is 0 Å². The first kappa shape index (κ1) is 19.1. The highest BCUT2D eigenvalue weighted by atomic mass is 31.1. The lowest BCUT2D eigenvalue weighted by atomic mass is 10.1. The minimum absolute atomic E-state index is 0.631. The third-order valence-electron chi connectivity index (χ3n) is 3.10. The van der Waals surface area contributed by atoms with Crippen molar-refractivity contribution >= 4 is 8.18 Å². The van der Waals surface area contributed by atoms with Crippen LogP contribution in [0.15, 0.2) is 0 Å². The Hall–Kier alpha value is 0.110. The molecule has 0 saturated carbocycles.